The number of aliphatic hydroxyl groups excluding tert-OH is 1. The SMILES string of the molecule is CC(C)(C)OC(=O)Nc1ccccc1NC(=O)C=Cc1ccc(C(CCO)C(=O)O)cc1. The van der Waals surface area contributed by atoms with Crippen LogP contribution < -0.4 is 10.6 Å². The van der Waals surface area contributed by atoms with Gasteiger partial charge in [-0.05, 0) is 56.5 Å². The number of rotatable bonds is 8. The van der Waals surface area contributed by atoms with Gasteiger partial charge in [-0.3, -0.25) is 14.9 Å². The first kappa shape index (κ1) is 24.6. The van der Waals surface area contributed by atoms with Gasteiger partial charge in [0.2, 0.25) is 5.91 Å². The molecule has 2 amide bonds. The third-order valence-electron chi connectivity index (χ3n) is 4.30. The Labute approximate surface area is 186 Å². The number of anilines is 2. The second kappa shape index (κ2) is 11.1. The summed E-state index contributed by atoms with van der Waals surface area (Å²) in [5.74, 6) is -2.19. The summed E-state index contributed by atoms with van der Waals surface area (Å²) < 4.78 is 5.24. The van der Waals surface area contributed by atoms with Crippen LogP contribution in [-0.4, -0.2) is 40.4 Å². The number of carbonyl (C=O) groups is 3. The molecule has 1 atom stereocenters. The van der Waals surface area contributed by atoms with Crippen LogP contribution >= 0.6 is 0 Å². The Morgan fingerprint density at radius 3 is 2.12 bits per heavy atom. The zero-order valence-electron chi connectivity index (χ0n) is 18.3. The lowest BCUT2D eigenvalue weighted by atomic mass is 9.95. The fraction of sp³-hybridized carbons (Fsp3) is 0.292. The van der Waals surface area contributed by atoms with Gasteiger partial charge in [0.15, 0.2) is 0 Å². The largest absolute Gasteiger partial charge is 0.481 e. The zero-order valence-corrected chi connectivity index (χ0v) is 18.3. The van der Waals surface area contributed by atoms with Crippen LogP contribution in [0.2, 0.25) is 0 Å². The minimum absolute atomic E-state index is 0.129. The molecule has 0 aliphatic heterocycles. The van der Waals surface area contributed by atoms with Gasteiger partial charge in [-0.1, -0.05) is 36.4 Å². The van der Waals surface area contributed by atoms with Crippen LogP contribution in [0.25, 0.3) is 6.08 Å². The molecule has 2 rings (SSSR count). The first-order chi connectivity index (χ1) is 15.1. The number of ether oxygens (including phenoxy) is 1. The maximum absolute atomic E-state index is 12.4. The molecule has 32 heavy (non-hydrogen) atoms. The maximum atomic E-state index is 12.4. The summed E-state index contributed by atoms with van der Waals surface area (Å²) in [6.45, 7) is 5.05. The highest BCUT2D eigenvalue weighted by Gasteiger charge is 2.19. The second-order valence-corrected chi connectivity index (χ2v) is 8.06. The van der Waals surface area contributed by atoms with Crippen LogP contribution in [0.15, 0.2) is 54.6 Å². The van der Waals surface area contributed by atoms with Crippen molar-refractivity contribution in [1.82, 2.24) is 0 Å². The topological polar surface area (TPSA) is 125 Å². The lowest BCUT2D eigenvalue weighted by molar-refractivity contribution is -0.139. The van der Waals surface area contributed by atoms with Crippen molar-refractivity contribution in [2.75, 3.05) is 17.2 Å². The zero-order chi connectivity index (χ0) is 23.7. The number of aliphatic carboxylic acids is 1. The van der Waals surface area contributed by atoms with Crippen molar-refractivity contribution in [3.63, 3.8) is 0 Å². The van der Waals surface area contributed by atoms with Gasteiger partial charge in [0.05, 0.1) is 17.3 Å². The molecule has 8 nitrogen and oxygen atoms in total. The highest BCUT2D eigenvalue weighted by molar-refractivity contribution is 6.05. The van der Waals surface area contributed by atoms with Gasteiger partial charge in [-0.25, -0.2) is 4.79 Å². The van der Waals surface area contributed by atoms with Crippen LogP contribution in [0, 0.1) is 0 Å². The fourth-order valence-corrected chi connectivity index (χ4v) is 2.86. The van der Waals surface area contributed by atoms with E-state index >= 15 is 0 Å². The van der Waals surface area contributed by atoms with Gasteiger partial charge in [0.25, 0.3) is 0 Å². The van der Waals surface area contributed by atoms with E-state index < -0.39 is 29.5 Å². The number of hydrogen-bond donors (Lipinski definition) is 4. The van der Waals surface area contributed by atoms with E-state index in [1.807, 2.05) is 0 Å². The molecular weight excluding hydrogens is 412 g/mol. The number of carbonyl (C=O) groups excluding carboxylic acids is 2. The summed E-state index contributed by atoms with van der Waals surface area (Å²) in [5.41, 5.74) is 1.45. The summed E-state index contributed by atoms with van der Waals surface area (Å²) in [6, 6.07) is 13.5. The fourth-order valence-electron chi connectivity index (χ4n) is 2.86. The molecule has 0 saturated carbocycles. The lowest BCUT2D eigenvalue weighted by Gasteiger charge is -2.20. The van der Waals surface area contributed by atoms with Gasteiger partial charge >= 0.3 is 12.1 Å². The van der Waals surface area contributed by atoms with Crippen LogP contribution in [-0.2, 0) is 14.3 Å². The average Bonchev–Trinajstić information content (AvgIpc) is 2.71. The Bertz CT molecular complexity index is 977. The van der Waals surface area contributed by atoms with Crippen LogP contribution in [0.4, 0.5) is 16.2 Å². The molecule has 170 valence electrons. The van der Waals surface area contributed by atoms with Crippen molar-refractivity contribution in [3.05, 3.63) is 65.7 Å². The average molecular weight is 440 g/mol. The third-order valence-corrected chi connectivity index (χ3v) is 4.30. The summed E-state index contributed by atoms with van der Waals surface area (Å²) >= 11 is 0. The molecule has 0 spiro atoms. The van der Waals surface area contributed by atoms with Gasteiger partial charge < -0.3 is 20.3 Å². The molecule has 0 aliphatic carbocycles. The van der Waals surface area contributed by atoms with Crippen LogP contribution in [0.5, 0.6) is 0 Å². The molecular formula is C24H28N2O6. The number of para-hydroxylation sites is 2. The van der Waals surface area contributed by atoms with Crippen LogP contribution in [0.1, 0.15) is 44.2 Å². The molecule has 0 bridgehead atoms. The van der Waals surface area contributed by atoms with Gasteiger partial charge in [0, 0.05) is 12.7 Å². The van der Waals surface area contributed by atoms with Crippen LogP contribution in [0.3, 0.4) is 0 Å². The number of carboxylic acid groups (broad SMARTS) is 1. The van der Waals surface area contributed by atoms with Crippen molar-refractivity contribution in [1.29, 1.82) is 0 Å². The molecule has 0 aliphatic rings. The van der Waals surface area contributed by atoms with E-state index in [1.54, 1.807) is 75.4 Å². The minimum atomic E-state index is -1.000. The Morgan fingerprint density at radius 1 is 1.00 bits per heavy atom. The van der Waals surface area contributed by atoms with E-state index in [0.717, 1.165) is 0 Å². The Hall–Kier alpha value is -3.65. The second-order valence-electron chi connectivity index (χ2n) is 8.06. The summed E-state index contributed by atoms with van der Waals surface area (Å²) in [4.78, 5) is 35.7. The monoisotopic (exact) mass is 440 g/mol. The van der Waals surface area contributed by atoms with Crippen molar-refractivity contribution >= 4 is 35.4 Å². The first-order valence-electron chi connectivity index (χ1n) is 10.1. The minimum Gasteiger partial charge on any atom is -0.481 e. The maximum Gasteiger partial charge on any atom is 0.412 e. The summed E-state index contributed by atoms with van der Waals surface area (Å²) in [6.07, 6.45) is 2.42. The summed E-state index contributed by atoms with van der Waals surface area (Å²) in [5, 5.41) is 23.6. The van der Waals surface area contributed by atoms with Crippen molar-refractivity contribution in [2.45, 2.75) is 38.7 Å². The van der Waals surface area contributed by atoms with E-state index in [-0.39, 0.29) is 13.0 Å². The van der Waals surface area contributed by atoms with Gasteiger partial charge in [-0.2, -0.15) is 0 Å². The molecule has 8 heteroatoms. The molecule has 0 saturated heterocycles. The van der Waals surface area contributed by atoms with Crippen molar-refractivity contribution < 1.29 is 29.3 Å². The van der Waals surface area contributed by atoms with E-state index in [0.29, 0.717) is 22.5 Å². The predicted octanol–water partition coefficient (Wildman–Crippen LogP) is 4.24. The number of amides is 2. The standard InChI is InChI=1S/C24H28N2O6/c1-24(2,3)32-23(31)26-20-7-5-4-6-19(20)25-21(28)13-10-16-8-11-17(12-9-16)18(14-15-27)22(29)30/h4-13,18,27H,14-15H2,1-3H3,(H,25,28)(H,26,31)(H,29,30). The molecule has 0 radical (unpaired) electrons. The van der Waals surface area contributed by atoms with Crippen molar-refractivity contribution in [2.24, 2.45) is 0 Å². The number of nitrogens with one attached hydrogen (secondary N) is 2. The molecule has 4 N–H and O–H groups in total. The Morgan fingerprint density at radius 2 is 1.59 bits per heavy atom. The lowest BCUT2D eigenvalue weighted by Crippen LogP contribution is -2.27. The number of hydrogen-bond acceptors (Lipinski definition) is 5. The third kappa shape index (κ3) is 7.88. The number of benzene rings is 2. The molecule has 0 fully saturated rings. The van der Waals surface area contributed by atoms with E-state index in [1.165, 1.54) is 6.08 Å². The van der Waals surface area contributed by atoms with Gasteiger partial charge in [-0.15, -0.1) is 0 Å². The van der Waals surface area contributed by atoms with E-state index in [9.17, 15) is 19.5 Å². The summed E-state index contributed by atoms with van der Waals surface area (Å²) in [7, 11) is 0. The molecule has 1 unspecified atom stereocenters. The number of carboxylic acids is 1. The molecule has 0 heterocycles. The Balaban J connectivity index is 2.04. The highest BCUT2D eigenvalue weighted by atomic mass is 16.6. The first-order valence-corrected chi connectivity index (χ1v) is 10.1. The molecule has 2 aromatic rings. The normalized spacial score (nSPS) is 12.2. The molecule has 0 aromatic heterocycles. The molecule has 2 aromatic carbocycles. The van der Waals surface area contributed by atoms with Crippen molar-refractivity contribution in [3.8, 4) is 0 Å². The number of aliphatic hydroxyl groups is 1. The highest BCUT2D eigenvalue weighted by Crippen LogP contribution is 2.23. The predicted molar refractivity (Wildman–Crippen MR) is 122 cm³/mol. The smallest absolute Gasteiger partial charge is 0.412 e. The Kier molecular flexibility index (Phi) is 8.54. The van der Waals surface area contributed by atoms with E-state index in [4.69, 9.17) is 9.84 Å². The van der Waals surface area contributed by atoms with E-state index in [2.05, 4.69) is 10.6 Å². The van der Waals surface area contributed by atoms with Gasteiger partial charge in [0.1, 0.15) is 5.60 Å². The quantitative estimate of drug-likeness (QED) is 0.455.